The van der Waals surface area contributed by atoms with Gasteiger partial charge in [-0.05, 0) is 23.6 Å². The molecule has 7 heteroatoms. The van der Waals surface area contributed by atoms with Gasteiger partial charge in [0.15, 0.2) is 0 Å². The van der Waals surface area contributed by atoms with Crippen molar-refractivity contribution < 1.29 is 14.0 Å². The first-order chi connectivity index (χ1) is 12.9. The van der Waals surface area contributed by atoms with Crippen LogP contribution in [0.25, 0.3) is 0 Å². The molecule has 0 aliphatic carbocycles. The normalized spacial score (nSPS) is 18.3. The van der Waals surface area contributed by atoms with E-state index in [4.69, 9.17) is 0 Å². The molecule has 6 nitrogen and oxygen atoms in total. The van der Waals surface area contributed by atoms with E-state index in [1.54, 1.807) is 17.2 Å². The van der Waals surface area contributed by atoms with E-state index in [-0.39, 0.29) is 18.2 Å². The molecule has 0 unspecified atom stereocenters. The maximum absolute atomic E-state index is 13.5. The Labute approximate surface area is 156 Å². The molecule has 27 heavy (non-hydrogen) atoms. The van der Waals surface area contributed by atoms with Gasteiger partial charge in [-0.15, -0.1) is 0 Å². The van der Waals surface area contributed by atoms with Crippen molar-refractivity contribution in [3.63, 3.8) is 0 Å². The van der Waals surface area contributed by atoms with Gasteiger partial charge in [0.1, 0.15) is 11.6 Å². The number of nitrogens with zero attached hydrogens (tertiary/aromatic N) is 3. The van der Waals surface area contributed by atoms with Crippen LogP contribution in [0.3, 0.4) is 0 Å². The van der Waals surface area contributed by atoms with Crippen LogP contribution in [-0.4, -0.2) is 26.7 Å². The highest BCUT2D eigenvalue weighted by Crippen LogP contribution is 2.35. The van der Waals surface area contributed by atoms with E-state index in [2.05, 4.69) is 29.1 Å². The molecule has 2 aromatic rings. The third kappa shape index (κ3) is 3.41. The summed E-state index contributed by atoms with van der Waals surface area (Å²) in [6.45, 7) is 5.07. The van der Waals surface area contributed by atoms with E-state index in [0.29, 0.717) is 30.3 Å². The Bertz CT molecular complexity index is 928. The number of rotatable bonds is 3. The van der Waals surface area contributed by atoms with Gasteiger partial charge >= 0.3 is 0 Å². The fourth-order valence-electron chi connectivity index (χ4n) is 3.69. The SMILES string of the molecule is CC(C)Cc1ncc2c(n1)CN(C(=O)[C@H]1CC(=O)Nc3cc(F)ccc31)C2. The number of carbonyl (C=O) groups excluding carboxylic acids is 2. The van der Waals surface area contributed by atoms with E-state index in [1.165, 1.54) is 12.1 Å². The van der Waals surface area contributed by atoms with Crippen molar-refractivity contribution in [1.29, 1.82) is 0 Å². The van der Waals surface area contributed by atoms with E-state index in [9.17, 15) is 14.0 Å². The summed E-state index contributed by atoms with van der Waals surface area (Å²) in [5.74, 6) is -0.213. The topological polar surface area (TPSA) is 75.2 Å². The maximum Gasteiger partial charge on any atom is 0.231 e. The summed E-state index contributed by atoms with van der Waals surface area (Å²) in [6.07, 6.45) is 2.65. The van der Waals surface area contributed by atoms with E-state index in [1.807, 2.05) is 0 Å². The van der Waals surface area contributed by atoms with Crippen molar-refractivity contribution >= 4 is 17.5 Å². The Hall–Kier alpha value is -2.83. The Kier molecular flexibility index (Phi) is 4.37. The molecule has 0 radical (unpaired) electrons. The molecular weight excluding hydrogens is 347 g/mol. The fraction of sp³-hybridized carbons (Fsp3) is 0.400. The number of fused-ring (bicyclic) bond motifs is 2. The van der Waals surface area contributed by atoms with Gasteiger partial charge < -0.3 is 10.2 Å². The molecule has 1 aromatic carbocycles. The molecule has 2 amide bonds. The van der Waals surface area contributed by atoms with Crippen LogP contribution < -0.4 is 5.32 Å². The zero-order chi connectivity index (χ0) is 19.1. The highest BCUT2D eigenvalue weighted by Gasteiger charge is 2.36. The lowest BCUT2D eigenvalue weighted by Crippen LogP contribution is -2.35. The van der Waals surface area contributed by atoms with Crippen molar-refractivity contribution in [2.24, 2.45) is 5.92 Å². The number of amides is 2. The number of nitrogens with one attached hydrogen (secondary N) is 1. The summed E-state index contributed by atoms with van der Waals surface area (Å²) in [6, 6.07) is 4.16. The van der Waals surface area contributed by atoms with Crippen molar-refractivity contribution in [2.75, 3.05) is 5.32 Å². The van der Waals surface area contributed by atoms with Crippen LogP contribution in [0.5, 0.6) is 0 Å². The van der Waals surface area contributed by atoms with Crippen LogP contribution in [0.15, 0.2) is 24.4 Å². The molecule has 3 heterocycles. The largest absolute Gasteiger partial charge is 0.332 e. The summed E-state index contributed by atoms with van der Waals surface area (Å²) >= 11 is 0. The van der Waals surface area contributed by atoms with E-state index < -0.39 is 11.7 Å². The predicted octanol–water partition coefficient (Wildman–Crippen LogP) is 2.78. The second-order valence-corrected chi connectivity index (χ2v) is 7.59. The number of halogens is 1. The lowest BCUT2D eigenvalue weighted by molar-refractivity contribution is -0.135. The van der Waals surface area contributed by atoms with Crippen LogP contribution in [-0.2, 0) is 29.1 Å². The van der Waals surface area contributed by atoms with Crippen LogP contribution in [0.2, 0.25) is 0 Å². The Morgan fingerprint density at radius 1 is 1.37 bits per heavy atom. The molecule has 2 aliphatic rings. The molecule has 0 fully saturated rings. The Balaban J connectivity index is 1.57. The van der Waals surface area contributed by atoms with Crippen molar-refractivity contribution in [2.45, 2.75) is 45.7 Å². The van der Waals surface area contributed by atoms with Crippen LogP contribution in [0.4, 0.5) is 10.1 Å². The minimum atomic E-state index is -0.605. The van der Waals surface area contributed by atoms with Crippen LogP contribution in [0, 0.1) is 11.7 Å². The molecule has 4 rings (SSSR count). The summed E-state index contributed by atoms with van der Waals surface area (Å²) in [7, 11) is 0. The first-order valence-electron chi connectivity index (χ1n) is 9.12. The smallest absolute Gasteiger partial charge is 0.231 e. The average molecular weight is 368 g/mol. The van der Waals surface area contributed by atoms with Gasteiger partial charge in [0.2, 0.25) is 11.8 Å². The van der Waals surface area contributed by atoms with Gasteiger partial charge in [-0.2, -0.15) is 0 Å². The number of anilines is 1. The molecular formula is C20H21FN4O2. The monoisotopic (exact) mass is 368 g/mol. The van der Waals surface area contributed by atoms with Crippen LogP contribution >= 0.6 is 0 Å². The second-order valence-electron chi connectivity index (χ2n) is 7.59. The Morgan fingerprint density at radius 3 is 2.96 bits per heavy atom. The Morgan fingerprint density at radius 2 is 2.19 bits per heavy atom. The minimum absolute atomic E-state index is 0.0641. The van der Waals surface area contributed by atoms with Crippen LogP contribution in [0.1, 0.15) is 48.8 Å². The second kappa shape index (κ2) is 6.72. The first-order valence-corrected chi connectivity index (χ1v) is 9.12. The van der Waals surface area contributed by atoms with Gasteiger partial charge in [0, 0.05) is 36.8 Å². The zero-order valence-electron chi connectivity index (χ0n) is 15.3. The quantitative estimate of drug-likeness (QED) is 0.904. The number of hydrogen-bond acceptors (Lipinski definition) is 4. The number of benzene rings is 1. The molecule has 0 spiro atoms. The molecule has 0 saturated carbocycles. The van der Waals surface area contributed by atoms with E-state index >= 15 is 0 Å². The molecule has 0 bridgehead atoms. The summed E-state index contributed by atoms with van der Waals surface area (Å²) in [4.78, 5) is 35.8. The first kappa shape index (κ1) is 17.6. The third-order valence-electron chi connectivity index (χ3n) is 4.96. The summed E-state index contributed by atoms with van der Waals surface area (Å²) in [5.41, 5.74) is 2.84. The van der Waals surface area contributed by atoms with Gasteiger partial charge in [-0.1, -0.05) is 19.9 Å². The highest BCUT2D eigenvalue weighted by molar-refractivity contribution is 6.01. The summed E-state index contributed by atoms with van der Waals surface area (Å²) in [5, 5.41) is 2.65. The zero-order valence-corrected chi connectivity index (χ0v) is 15.3. The molecule has 1 N–H and O–H groups in total. The van der Waals surface area contributed by atoms with Gasteiger partial charge in [0.05, 0.1) is 18.2 Å². The number of aromatic nitrogens is 2. The molecule has 2 aliphatic heterocycles. The standard InChI is InChI=1S/C20H21FN4O2/c1-11(2)5-18-22-8-12-9-25(10-17(12)23-18)20(27)15-7-19(26)24-16-6-13(21)3-4-14(15)16/h3-4,6,8,11,15H,5,7,9-10H2,1-2H3,(H,24,26)/t15-/m0/s1. The number of carbonyl (C=O) groups is 2. The molecule has 140 valence electrons. The maximum atomic E-state index is 13.5. The molecule has 1 aromatic heterocycles. The van der Waals surface area contributed by atoms with Crippen molar-refractivity contribution in [3.8, 4) is 0 Å². The lowest BCUT2D eigenvalue weighted by atomic mass is 9.89. The van der Waals surface area contributed by atoms with E-state index in [0.717, 1.165) is 23.5 Å². The predicted molar refractivity (Wildman–Crippen MR) is 97.2 cm³/mol. The van der Waals surface area contributed by atoms with Crippen molar-refractivity contribution in [1.82, 2.24) is 14.9 Å². The highest BCUT2D eigenvalue weighted by atomic mass is 19.1. The minimum Gasteiger partial charge on any atom is -0.332 e. The molecule has 1 atom stereocenters. The third-order valence-corrected chi connectivity index (χ3v) is 4.96. The average Bonchev–Trinajstić information content (AvgIpc) is 3.02. The van der Waals surface area contributed by atoms with Gasteiger partial charge in [0.25, 0.3) is 0 Å². The van der Waals surface area contributed by atoms with Gasteiger partial charge in [-0.25, -0.2) is 14.4 Å². The summed E-state index contributed by atoms with van der Waals surface area (Å²) < 4.78 is 13.5. The lowest BCUT2D eigenvalue weighted by Gasteiger charge is -2.28. The number of hydrogen-bond donors (Lipinski definition) is 1. The molecule has 0 saturated heterocycles. The fourth-order valence-corrected chi connectivity index (χ4v) is 3.69. The van der Waals surface area contributed by atoms with Gasteiger partial charge in [-0.3, -0.25) is 9.59 Å². The van der Waals surface area contributed by atoms with Crippen molar-refractivity contribution in [3.05, 3.63) is 52.9 Å².